The van der Waals surface area contributed by atoms with Gasteiger partial charge in [0.15, 0.2) is 0 Å². The van der Waals surface area contributed by atoms with E-state index in [1.165, 1.54) is 22.3 Å². The number of methoxy groups -OCH3 is 1. The smallest absolute Gasteiger partial charge is 0.231 e. The summed E-state index contributed by atoms with van der Waals surface area (Å²) < 4.78 is 6.27. The number of ether oxygens (including phenoxy) is 1. The van der Waals surface area contributed by atoms with Crippen LogP contribution in [0.1, 0.15) is 46.4 Å². The van der Waals surface area contributed by atoms with Gasteiger partial charge in [0.25, 0.3) is 0 Å². The molecule has 0 aromatic heterocycles. The molecule has 27 heavy (non-hydrogen) atoms. The number of thiocarbonyl (C=S) groups is 1. The Morgan fingerprint density at radius 1 is 1.22 bits per heavy atom. The van der Waals surface area contributed by atoms with E-state index in [-0.39, 0.29) is 24.5 Å². The van der Waals surface area contributed by atoms with Crippen molar-refractivity contribution in [1.82, 2.24) is 4.90 Å². The Labute approximate surface area is 171 Å². The van der Waals surface area contributed by atoms with Crippen molar-refractivity contribution in [2.24, 2.45) is 0 Å². The van der Waals surface area contributed by atoms with Crippen molar-refractivity contribution in [3.8, 4) is 0 Å². The van der Waals surface area contributed by atoms with E-state index in [0.29, 0.717) is 4.32 Å². The van der Waals surface area contributed by atoms with Crippen molar-refractivity contribution >= 4 is 34.2 Å². The van der Waals surface area contributed by atoms with Gasteiger partial charge in [0.05, 0.1) is 18.6 Å². The largest absolute Gasteiger partial charge is 0.376 e. The zero-order chi connectivity index (χ0) is 19.6. The Morgan fingerprint density at radius 2 is 1.85 bits per heavy atom. The maximum atomic E-state index is 13.2. The van der Waals surface area contributed by atoms with E-state index in [1.54, 1.807) is 23.8 Å². The summed E-state index contributed by atoms with van der Waals surface area (Å²) >= 11 is 7.12. The lowest BCUT2D eigenvalue weighted by molar-refractivity contribution is -0.131. The summed E-state index contributed by atoms with van der Waals surface area (Å²) in [5, 5.41) is 0. The second-order valence-corrected chi connectivity index (χ2v) is 8.66. The Kier molecular flexibility index (Phi) is 6.35. The molecule has 3 nitrogen and oxygen atoms in total. The van der Waals surface area contributed by atoms with Gasteiger partial charge in [-0.05, 0) is 43.0 Å². The van der Waals surface area contributed by atoms with Gasteiger partial charge in [0, 0.05) is 12.9 Å². The third kappa shape index (κ3) is 4.26. The highest BCUT2D eigenvalue weighted by atomic mass is 32.2. The second-order valence-electron chi connectivity index (χ2n) is 7.01. The number of hydrogen-bond donors (Lipinski definition) is 0. The fourth-order valence-corrected chi connectivity index (χ4v) is 5.31. The molecule has 0 spiro atoms. The van der Waals surface area contributed by atoms with E-state index in [4.69, 9.17) is 17.0 Å². The van der Waals surface area contributed by atoms with E-state index in [2.05, 4.69) is 32.9 Å². The lowest BCUT2D eigenvalue weighted by atomic mass is 9.94. The van der Waals surface area contributed by atoms with Crippen molar-refractivity contribution in [2.75, 3.05) is 12.9 Å². The van der Waals surface area contributed by atoms with Crippen LogP contribution in [0.4, 0.5) is 0 Å². The molecule has 1 saturated heterocycles. The molecule has 0 N–H and O–H groups in total. The molecular weight excluding hydrogens is 374 g/mol. The summed E-state index contributed by atoms with van der Waals surface area (Å²) in [5.74, 6) is 0.822. The minimum atomic E-state index is -0.270. The molecule has 1 fully saturated rings. The monoisotopic (exact) mass is 399 g/mol. The summed E-state index contributed by atoms with van der Waals surface area (Å²) in [6, 6.07) is 14.2. The van der Waals surface area contributed by atoms with Crippen molar-refractivity contribution in [3.63, 3.8) is 0 Å². The minimum absolute atomic E-state index is 0.0103. The summed E-state index contributed by atoms with van der Waals surface area (Å²) in [5.41, 5.74) is 5.89. The zero-order valence-corrected chi connectivity index (χ0v) is 17.8. The van der Waals surface area contributed by atoms with E-state index in [0.717, 1.165) is 11.3 Å². The topological polar surface area (TPSA) is 29.5 Å². The summed E-state index contributed by atoms with van der Waals surface area (Å²) in [7, 11) is 1.65. The highest BCUT2D eigenvalue weighted by Crippen LogP contribution is 2.39. The fourth-order valence-electron chi connectivity index (χ4n) is 3.89. The predicted molar refractivity (Wildman–Crippen MR) is 116 cm³/mol. The molecule has 142 valence electrons. The summed E-state index contributed by atoms with van der Waals surface area (Å²) in [6.07, 6.45) is 0.00903. The Morgan fingerprint density at radius 3 is 2.44 bits per heavy atom. The number of carbonyl (C=O) groups excluding carboxylic acids is 1. The van der Waals surface area contributed by atoms with Gasteiger partial charge in [-0.1, -0.05) is 72.0 Å². The first-order valence-electron chi connectivity index (χ1n) is 9.06. The van der Waals surface area contributed by atoms with E-state index >= 15 is 0 Å². The van der Waals surface area contributed by atoms with E-state index in [9.17, 15) is 4.79 Å². The molecule has 1 amide bonds. The molecule has 2 aromatic carbocycles. The number of carbonyl (C=O) groups is 1. The molecule has 5 heteroatoms. The predicted octanol–water partition coefficient (Wildman–Crippen LogP) is 5.29. The van der Waals surface area contributed by atoms with Crippen molar-refractivity contribution < 1.29 is 9.53 Å². The number of thioether (sulfide) groups is 1. The van der Waals surface area contributed by atoms with Gasteiger partial charge in [0.1, 0.15) is 4.32 Å². The maximum Gasteiger partial charge on any atom is 0.231 e. The van der Waals surface area contributed by atoms with E-state index < -0.39 is 0 Å². The van der Waals surface area contributed by atoms with Crippen LogP contribution in [0.3, 0.4) is 0 Å². The quantitative estimate of drug-likeness (QED) is 0.639. The molecule has 0 unspecified atom stereocenters. The van der Waals surface area contributed by atoms with Gasteiger partial charge in [0.2, 0.25) is 5.91 Å². The fraction of sp³-hybridized carbons (Fsp3) is 0.364. The first kappa shape index (κ1) is 20.1. The molecule has 0 saturated carbocycles. The van der Waals surface area contributed by atoms with Gasteiger partial charge in [-0.2, -0.15) is 0 Å². The lowest BCUT2D eigenvalue weighted by Gasteiger charge is -2.28. The average Bonchev–Trinajstić information content (AvgIpc) is 3.00. The number of hydrogen-bond acceptors (Lipinski definition) is 4. The molecule has 0 aliphatic carbocycles. The van der Waals surface area contributed by atoms with Crippen molar-refractivity contribution in [3.05, 3.63) is 70.3 Å². The normalized spacial score (nSPS) is 18.0. The van der Waals surface area contributed by atoms with E-state index in [1.807, 2.05) is 30.3 Å². The maximum absolute atomic E-state index is 13.2. The van der Waals surface area contributed by atoms with Gasteiger partial charge in [-0.3, -0.25) is 9.69 Å². The second kappa shape index (κ2) is 8.55. The van der Waals surface area contributed by atoms with Crippen LogP contribution in [0.25, 0.3) is 0 Å². The molecule has 2 atom stereocenters. The Hall–Kier alpha value is -1.69. The molecule has 1 aliphatic heterocycles. The van der Waals surface area contributed by atoms with Gasteiger partial charge < -0.3 is 4.74 Å². The number of benzene rings is 2. The van der Waals surface area contributed by atoms with Gasteiger partial charge in [-0.25, -0.2) is 0 Å². The summed E-state index contributed by atoms with van der Waals surface area (Å²) in [4.78, 5) is 15.0. The number of rotatable bonds is 5. The Bertz CT molecular complexity index is 828. The third-order valence-corrected chi connectivity index (χ3v) is 6.51. The number of amides is 1. The zero-order valence-electron chi connectivity index (χ0n) is 16.2. The molecule has 0 bridgehead atoms. The molecule has 0 radical (unpaired) electrons. The Balaban J connectivity index is 1.87. The van der Waals surface area contributed by atoms with Crippen molar-refractivity contribution in [1.29, 1.82) is 0 Å². The molecule has 1 heterocycles. The average molecular weight is 400 g/mol. The first-order chi connectivity index (χ1) is 12.9. The van der Waals surface area contributed by atoms with Crippen LogP contribution >= 0.6 is 24.0 Å². The standard InChI is InChI=1S/C22H25NO2S2/c1-14-10-15(2)21(16(3)11-14)18-13-27-22(26)23(18)20(24)12-19(25-4)17-8-6-5-7-9-17/h5-11,18-19H,12-13H2,1-4H3/t18-,19+/m0/s1. The molecular formula is C22H25NO2S2. The van der Waals surface area contributed by atoms with Crippen molar-refractivity contribution in [2.45, 2.75) is 39.3 Å². The number of aryl methyl sites for hydroxylation is 3. The first-order valence-corrected chi connectivity index (χ1v) is 10.5. The minimum Gasteiger partial charge on any atom is -0.376 e. The van der Waals surface area contributed by atoms with Crippen LogP contribution in [0.15, 0.2) is 42.5 Å². The van der Waals surface area contributed by atoms with Crippen LogP contribution in [0.2, 0.25) is 0 Å². The lowest BCUT2D eigenvalue weighted by Crippen LogP contribution is -2.35. The van der Waals surface area contributed by atoms with Crippen LogP contribution in [-0.4, -0.2) is 28.0 Å². The SMILES string of the molecule is CO[C@H](CC(=O)N1C(=S)SC[C@H]1c1c(C)cc(C)cc1C)c1ccccc1. The van der Waals surface area contributed by atoms with Crippen LogP contribution in [-0.2, 0) is 9.53 Å². The van der Waals surface area contributed by atoms with Gasteiger partial charge in [-0.15, -0.1) is 0 Å². The number of nitrogens with zero attached hydrogens (tertiary/aromatic N) is 1. The van der Waals surface area contributed by atoms with Crippen LogP contribution in [0.5, 0.6) is 0 Å². The molecule has 2 aromatic rings. The molecule has 3 rings (SSSR count). The third-order valence-electron chi connectivity index (χ3n) is 5.03. The highest BCUT2D eigenvalue weighted by Gasteiger charge is 2.37. The van der Waals surface area contributed by atoms with Crippen LogP contribution < -0.4 is 0 Å². The highest BCUT2D eigenvalue weighted by molar-refractivity contribution is 8.23. The van der Waals surface area contributed by atoms with Gasteiger partial charge >= 0.3 is 0 Å². The van der Waals surface area contributed by atoms with Crippen LogP contribution in [0, 0.1) is 20.8 Å². The summed E-state index contributed by atoms with van der Waals surface area (Å²) in [6.45, 7) is 6.33. The molecule has 1 aliphatic rings.